The number of ether oxygens (including phenoxy) is 1. The average Bonchev–Trinajstić information content (AvgIpc) is 3.74. The maximum atomic E-state index is 16.7. The Morgan fingerprint density at radius 3 is 2.82 bits per heavy atom. The number of hydrogen-bond acceptors (Lipinski definition) is 8. The Hall–Kier alpha value is -4.14. The van der Waals surface area contributed by atoms with Gasteiger partial charge in [0.1, 0.15) is 41.4 Å². The van der Waals surface area contributed by atoms with E-state index in [2.05, 4.69) is 25.7 Å². The highest BCUT2D eigenvalue weighted by Crippen LogP contribution is 2.45. The molecular formula is C33H31F3N6O2. The van der Waals surface area contributed by atoms with Crippen LogP contribution in [0.3, 0.4) is 0 Å². The summed E-state index contributed by atoms with van der Waals surface area (Å²) in [6, 6.07) is 5.56. The normalized spacial score (nSPS) is 27.8. The third-order valence-corrected chi connectivity index (χ3v) is 10.1. The van der Waals surface area contributed by atoms with E-state index in [1.165, 1.54) is 30.5 Å². The predicted molar refractivity (Wildman–Crippen MR) is 160 cm³/mol. The van der Waals surface area contributed by atoms with Crippen LogP contribution >= 0.6 is 0 Å². The van der Waals surface area contributed by atoms with Crippen molar-refractivity contribution in [3.8, 4) is 35.4 Å². The number of benzene rings is 2. The molecule has 4 fully saturated rings. The van der Waals surface area contributed by atoms with Crippen molar-refractivity contribution >= 4 is 27.5 Å². The van der Waals surface area contributed by atoms with Crippen molar-refractivity contribution in [1.29, 1.82) is 0 Å². The van der Waals surface area contributed by atoms with E-state index in [1.54, 1.807) is 0 Å². The number of pyridine rings is 1. The van der Waals surface area contributed by atoms with Crippen molar-refractivity contribution in [2.45, 2.75) is 61.8 Å². The summed E-state index contributed by atoms with van der Waals surface area (Å²) in [5.41, 5.74) is 5.74. The highest BCUT2D eigenvalue weighted by Gasteiger charge is 2.50. The molecule has 0 spiro atoms. The number of halogens is 3. The first kappa shape index (κ1) is 27.4. The lowest BCUT2D eigenvalue weighted by molar-refractivity contribution is 0.107. The molecule has 3 aliphatic heterocycles. The number of alkyl halides is 1. The van der Waals surface area contributed by atoms with Crippen molar-refractivity contribution < 1.29 is 23.0 Å². The molecule has 5 heterocycles. The van der Waals surface area contributed by atoms with Gasteiger partial charge in [0.25, 0.3) is 0 Å². The molecule has 4 aromatic rings. The quantitative estimate of drug-likeness (QED) is 0.314. The summed E-state index contributed by atoms with van der Waals surface area (Å²) in [5.74, 6) is 1.26. The number of phenols is 1. The number of nitrogens with two attached hydrogens (primary N) is 1. The van der Waals surface area contributed by atoms with Crippen molar-refractivity contribution in [1.82, 2.24) is 19.9 Å². The van der Waals surface area contributed by atoms with Gasteiger partial charge in [0, 0.05) is 48.2 Å². The number of terminal acetylenes is 1. The van der Waals surface area contributed by atoms with E-state index in [4.69, 9.17) is 21.9 Å². The number of fused-ring (bicyclic) bond motifs is 5. The third-order valence-electron chi connectivity index (χ3n) is 10.1. The number of hydrogen-bond donors (Lipinski definition) is 2. The minimum Gasteiger partial charge on any atom is -0.508 e. The first-order valence-electron chi connectivity index (χ1n) is 15.0. The van der Waals surface area contributed by atoms with Crippen LogP contribution in [-0.4, -0.2) is 74.5 Å². The van der Waals surface area contributed by atoms with Gasteiger partial charge in [0.05, 0.1) is 16.5 Å². The SMILES string of the molecule is C#Cc1c(F)ccc2cc(O)cc(-c3ncc4c(N5C[C@@]6(N)CC[C@@H]5C6)nc(OC[C@@]56CCCN5C[C@H](F)C6)nc4c3F)c12. The smallest absolute Gasteiger partial charge is 0.319 e. The zero-order valence-corrected chi connectivity index (χ0v) is 24.0. The Bertz CT molecular complexity index is 1900. The van der Waals surface area contributed by atoms with Crippen LogP contribution in [0.15, 0.2) is 30.5 Å². The van der Waals surface area contributed by atoms with Gasteiger partial charge in [0.2, 0.25) is 0 Å². The van der Waals surface area contributed by atoms with Gasteiger partial charge in [-0.3, -0.25) is 9.88 Å². The van der Waals surface area contributed by atoms with Gasteiger partial charge in [-0.15, -0.1) is 6.42 Å². The van der Waals surface area contributed by atoms with E-state index in [0.717, 1.165) is 38.6 Å². The zero-order chi connectivity index (χ0) is 30.4. The summed E-state index contributed by atoms with van der Waals surface area (Å²) >= 11 is 0. The summed E-state index contributed by atoms with van der Waals surface area (Å²) < 4.78 is 52.2. The predicted octanol–water partition coefficient (Wildman–Crippen LogP) is 4.84. The van der Waals surface area contributed by atoms with Crippen molar-refractivity contribution in [3.63, 3.8) is 0 Å². The van der Waals surface area contributed by atoms with Crippen LogP contribution in [0.25, 0.3) is 32.9 Å². The molecular weight excluding hydrogens is 569 g/mol. The number of anilines is 1. The number of aromatic hydroxyl groups is 1. The number of aromatic nitrogens is 3. The lowest BCUT2D eigenvalue weighted by atomic mass is 9.95. The van der Waals surface area contributed by atoms with Gasteiger partial charge in [0.15, 0.2) is 5.82 Å². The monoisotopic (exact) mass is 600 g/mol. The molecule has 2 aromatic heterocycles. The van der Waals surface area contributed by atoms with Crippen LogP contribution in [-0.2, 0) is 0 Å². The molecule has 0 amide bonds. The molecule has 0 unspecified atom stereocenters. The molecule has 4 atom stereocenters. The van der Waals surface area contributed by atoms with Crippen LogP contribution in [0.4, 0.5) is 19.0 Å². The molecule has 1 aliphatic carbocycles. The first-order valence-corrected chi connectivity index (χ1v) is 15.0. The van der Waals surface area contributed by atoms with Crippen LogP contribution in [0, 0.1) is 24.0 Å². The lowest BCUT2D eigenvalue weighted by Crippen LogP contribution is -2.45. The molecule has 1 saturated carbocycles. The molecule has 11 heteroatoms. The molecule has 2 aromatic carbocycles. The van der Waals surface area contributed by atoms with Gasteiger partial charge in [-0.25, -0.2) is 13.2 Å². The summed E-state index contributed by atoms with van der Waals surface area (Å²) in [6.07, 6.45) is 11.0. The van der Waals surface area contributed by atoms with Gasteiger partial charge in [-0.2, -0.15) is 9.97 Å². The third kappa shape index (κ3) is 4.11. The van der Waals surface area contributed by atoms with Crippen LogP contribution < -0.4 is 15.4 Å². The van der Waals surface area contributed by atoms with Gasteiger partial charge < -0.3 is 20.5 Å². The Balaban J connectivity index is 1.29. The van der Waals surface area contributed by atoms with E-state index < -0.39 is 23.3 Å². The van der Waals surface area contributed by atoms with E-state index in [1.807, 2.05) is 0 Å². The second-order valence-electron chi connectivity index (χ2n) is 12.9. The first-order chi connectivity index (χ1) is 21.2. The second-order valence-corrected chi connectivity index (χ2v) is 12.9. The number of rotatable bonds is 5. The Labute approximate surface area is 252 Å². The van der Waals surface area contributed by atoms with Crippen molar-refractivity contribution in [2.75, 3.05) is 31.1 Å². The molecule has 3 N–H and O–H groups in total. The maximum absolute atomic E-state index is 16.7. The van der Waals surface area contributed by atoms with Crippen LogP contribution in [0.1, 0.15) is 44.1 Å². The molecule has 8 rings (SSSR count). The molecule has 8 nitrogen and oxygen atoms in total. The zero-order valence-electron chi connectivity index (χ0n) is 24.0. The van der Waals surface area contributed by atoms with E-state index in [9.17, 15) is 13.9 Å². The van der Waals surface area contributed by atoms with Crippen LogP contribution in [0.5, 0.6) is 11.8 Å². The van der Waals surface area contributed by atoms with Gasteiger partial charge in [-0.1, -0.05) is 12.0 Å². The molecule has 3 saturated heterocycles. The topological polar surface area (TPSA) is 101 Å². The minimum atomic E-state index is -0.922. The summed E-state index contributed by atoms with van der Waals surface area (Å²) in [7, 11) is 0. The van der Waals surface area contributed by atoms with E-state index >= 15 is 4.39 Å². The fourth-order valence-electron chi connectivity index (χ4n) is 8.15. The second kappa shape index (κ2) is 9.68. The highest BCUT2D eigenvalue weighted by molar-refractivity contribution is 6.03. The largest absolute Gasteiger partial charge is 0.508 e. The molecule has 226 valence electrons. The van der Waals surface area contributed by atoms with E-state index in [-0.39, 0.29) is 57.7 Å². The fraction of sp³-hybridized carbons (Fsp3) is 0.424. The number of nitrogens with zero attached hydrogens (tertiary/aromatic N) is 5. The molecule has 4 aliphatic rings. The summed E-state index contributed by atoms with van der Waals surface area (Å²) in [4.78, 5) is 18.0. The Kier molecular flexibility index (Phi) is 6.03. The van der Waals surface area contributed by atoms with E-state index in [0.29, 0.717) is 36.1 Å². The van der Waals surface area contributed by atoms with Gasteiger partial charge in [-0.05, 0) is 62.2 Å². The Morgan fingerprint density at radius 1 is 1.18 bits per heavy atom. The molecule has 44 heavy (non-hydrogen) atoms. The van der Waals surface area contributed by atoms with Gasteiger partial charge >= 0.3 is 6.01 Å². The lowest BCUT2D eigenvalue weighted by Gasteiger charge is -2.33. The van der Waals surface area contributed by atoms with Crippen molar-refractivity contribution in [3.05, 3.63) is 47.7 Å². The van der Waals surface area contributed by atoms with Crippen LogP contribution in [0.2, 0.25) is 0 Å². The minimum absolute atomic E-state index is 0.0166. The standard InChI is InChI=1S/C33H31F3N6O2/c1-2-22-25(35)5-4-18-10-21(43)11-23(26(18)22)28-27(36)29-24(14-38-28)30(42-16-32(37)8-6-20(42)13-32)40-31(39-29)44-17-33-7-3-9-41(33)15-19(34)12-33/h1,4-5,10-11,14,19-20,43H,3,6-9,12-13,15-17,37H2/t19-,20-,32-,33+/m1/s1. The number of phenolic OH excluding ortho intramolecular Hbond substituents is 1. The maximum Gasteiger partial charge on any atom is 0.319 e. The summed E-state index contributed by atoms with van der Waals surface area (Å²) in [6.45, 7) is 1.92. The van der Waals surface area contributed by atoms with Crippen molar-refractivity contribution in [2.24, 2.45) is 5.73 Å². The molecule has 2 bridgehead atoms. The number of piperidine rings is 1. The fourth-order valence-corrected chi connectivity index (χ4v) is 8.15. The molecule has 0 radical (unpaired) electrons. The summed E-state index contributed by atoms with van der Waals surface area (Å²) in [5, 5.41) is 11.6. The highest BCUT2D eigenvalue weighted by atomic mass is 19.1. The average molecular weight is 601 g/mol. The Morgan fingerprint density at radius 2 is 2.05 bits per heavy atom.